The molecule has 2 aromatic rings. The lowest BCUT2D eigenvalue weighted by atomic mass is 10.2. The second-order valence-electron chi connectivity index (χ2n) is 5.30. The molecule has 1 aromatic carbocycles. The number of benzene rings is 1. The number of carbonyl (C=O) groups is 2. The van der Waals surface area contributed by atoms with Crippen LogP contribution < -0.4 is 10.6 Å². The second kappa shape index (κ2) is 5.92. The standard InChI is InChI=1S/C14H16N6O2/c1-9-17-18-19-20(9)12-4-2-3-11(7-12)16-14(22)13(21)15-8-10-5-6-10/h2-4,7,10H,5-6,8H2,1H3,(H,15,21)(H,16,22). The van der Waals surface area contributed by atoms with Crippen LogP contribution in [0.1, 0.15) is 18.7 Å². The molecule has 1 fully saturated rings. The molecule has 0 unspecified atom stereocenters. The van der Waals surface area contributed by atoms with Crippen LogP contribution in [0.15, 0.2) is 24.3 Å². The average molecular weight is 300 g/mol. The Hall–Kier alpha value is -2.77. The Balaban J connectivity index is 1.65. The van der Waals surface area contributed by atoms with E-state index in [0.717, 1.165) is 12.8 Å². The van der Waals surface area contributed by atoms with Crippen molar-refractivity contribution >= 4 is 17.5 Å². The zero-order valence-electron chi connectivity index (χ0n) is 12.1. The van der Waals surface area contributed by atoms with E-state index >= 15 is 0 Å². The smallest absolute Gasteiger partial charge is 0.313 e. The number of rotatable bonds is 4. The van der Waals surface area contributed by atoms with E-state index in [2.05, 4.69) is 26.2 Å². The zero-order valence-corrected chi connectivity index (χ0v) is 12.1. The number of hydrogen-bond donors (Lipinski definition) is 2. The number of amides is 2. The molecule has 0 radical (unpaired) electrons. The molecule has 0 saturated heterocycles. The summed E-state index contributed by atoms with van der Waals surface area (Å²) < 4.78 is 1.54. The SMILES string of the molecule is Cc1nnnn1-c1cccc(NC(=O)C(=O)NCC2CC2)c1. The number of aryl methyl sites for hydroxylation is 1. The highest BCUT2D eigenvalue weighted by molar-refractivity contribution is 6.39. The fraction of sp³-hybridized carbons (Fsp3) is 0.357. The van der Waals surface area contributed by atoms with Crippen molar-refractivity contribution in [2.24, 2.45) is 5.92 Å². The van der Waals surface area contributed by atoms with Crippen LogP contribution in [0.3, 0.4) is 0 Å². The highest BCUT2D eigenvalue weighted by Gasteiger charge is 2.23. The van der Waals surface area contributed by atoms with Crippen LogP contribution in [0.25, 0.3) is 5.69 Å². The summed E-state index contributed by atoms with van der Waals surface area (Å²) in [4.78, 5) is 23.5. The minimum absolute atomic E-state index is 0.513. The van der Waals surface area contributed by atoms with Gasteiger partial charge in [0.25, 0.3) is 0 Å². The highest BCUT2D eigenvalue weighted by Crippen LogP contribution is 2.27. The molecular formula is C14H16N6O2. The third-order valence-electron chi connectivity index (χ3n) is 3.43. The largest absolute Gasteiger partial charge is 0.348 e. The summed E-state index contributed by atoms with van der Waals surface area (Å²) in [5.41, 5.74) is 1.22. The number of nitrogens with one attached hydrogen (secondary N) is 2. The number of anilines is 1. The molecular weight excluding hydrogens is 284 g/mol. The van der Waals surface area contributed by atoms with E-state index in [4.69, 9.17) is 0 Å². The Bertz CT molecular complexity index is 707. The maximum absolute atomic E-state index is 11.8. The topological polar surface area (TPSA) is 102 Å². The van der Waals surface area contributed by atoms with E-state index in [1.54, 1.807) is 29.8 Å². The number of carbonyl (C=O) groups excluding carboxylic acids is 2. The van der Waals surface area contributed by atoms with Crippen molar-refractivity contribution in [2.45, 2.75) is 19.8 Å². The summed E-state index contributed by atoms with van der Waals surface area (Å²) in [5, 5.41) is 16.4. The van der Waals surface area contributed by atoms with Gasteiger partial charge in [0, 0.05) is 12.2 Å². The molecule has 0 atom stereocenters. The van der Waals surface area contributed by atoms with Gasteiger partial charge in [-0.25, -0.2) is 0 Å². The van der Waals surface area contributed by atoms with Gasteiger partial charge in [0.2, 0.25) is 0 Å². The van der Waals surface area contributed by atoms with Gasteiger partial charge in [-0.1, -0.05) is 6.07 Å². The summed E-state index contributed by atoms with van der Waals surface area (Å²) in [7, 11) is 0. The van der Waals surface area contributed by atoms with Crippen LogP contribution in [-0.4, -0.2) is 38.6 Å². The van der Waals surface area contributed by atoms with Crippen molar-refractivity contribution in [1.82, 2.24) is 25.5 Å². The Morgan fingerprint density at radius 2 is 2.14 bits per heavy atom. The van der Waals surface area contributed by atoms with Gasteiger partial charge >= 0.3 is 11.8 Å². The molecule has 8 nitrogen and oxygen atoms in total. The van der Waals surface area contributed by atoms with Crippen molar-refractivity contribution in [2.75, 3.05) is 11.9 Å². The first kappa shape index (κ1) is 14.2. The molecule has 1 saturated carbocycles. The first-order valence-electron chi connectivity index (χ1n) is 7.08. The van der Waals surface area contributed by atoms with Crippen molar-refractivity contribution in [3.63, 3.8) is 0 Å². The van der Waals surface area contributed by atoms with Gasteiger partial charge in [-0.2, -0.15) is 4.68 Å². The van der Waals surface area contributed by atoms with Crippen LogP contribution in [0, 0.1) is 12.8 Å². The predicted octanol–water partition coefficient (Wildman–Crippen LogP) is 0.435. The lowest BCUT2D eigenvalue weighted by molar-refractivity contribution is -0.136. The fourth-order valence-electron chi connectivity index (χ4n) is 2.01. The van der Waals surface area contributed by atoms with Crippen LogP contribution in [0.2, 0.25) is 0 Å². The first-order valence-corrected chi connectivity index (χ1v) is 7.08. The van der Waals surface area contributed by atoms with Crippen LogP contribution in [0.4, 0.5) is 5.69 Å². The molecule has 8 heteroatoms. The third-order valence-corrected chi connectivity index (χ3v) is 3.43. The number of hydrogen-bond acceptors (Lipinski definition) is 5. The van der Waals surface area contributed by atoms with E-state index in [0.29, 0.717) is 29.7 Å². The molecule has 2 N–H and O–H groups in total. The van der Waals surface area contributed by atoms with Crippen molar-refractivity contribution in [3.8, 4) is 5.69 Å². The van der Waals surface area contributed by atoms with Crippen molar-refractivity contribution in [1.29, 1.82) is 0 Å². The van der Waals surface area contributed by atoms with E-state index in [9.17, 15) is 9.59 Å². The summed E-state index contributed by atoms with van der Waals surface area (Å²) >= 11 is 0. The van der Waals surface area contributed by atoms with Gasteiger partial charge in [-0.15, -0.1) is 5.10 Å². The summed E-state index contributed by atoms with van der Waals surface area (Å²) in [6.45, 7) is 2.34. The van der Waals surface area contributed by atoms with Gasteiger partial charge in [0.05, 0.1) is 5.69 Å². The first-order chi connectivity index (χ1) is 10.6. The van der Waals surface area contributed by atoms with Gasteiger partial charge < -0.3 is 10.6 Å². The zero-order chi connectivity index (χ0) is 15.5. The number of tetrazole rings is 1. The van der Waals surface area contributed by atoms with E-state index < -0.39 is 11.8 Å². The Kier molecular flexibility index (Phi) is 3.82. The van der Waals surface area contributed by atoms with Gasteiger partial charge in [-0.3, -0.25) is 9.59 Å². The maximum atomic E-state index is 11.8. The Morgan fingerprint density at radius 3 is 2.82 bits per heavy atom. The molecule has 114 valence electrons. The molecule has 3 rings (SSSR count). The lowest BCUT2D eigenvalue weighted by Gasteiger charge is -2.08. The van der Waals surface area contributed by atoms with E-state index in [1.165, 1.54) is 0 Å². The molecule has 1 aromatic heterocycles. The van der Waals surface area contributed by atoms with E-state index in [-0.39, 0.29) is 0 Å². The normalized spacial score (nSPS) is 13.7. The monoisotopic (exact) mass is 300 g/mol. The van der Waals surface area contributed by atoms with E-state index in [1.807, 2.05) is 6.07 Å². The third kappa shape index (κ3) is 3.27. The average Bonchev–Trinajstić information content (AvgIpc) is 3.25. The summed E-state index contributed by atoms with van der Waals surface area (Å²) in [5.74, 6) is -0.129. The molecule has 1 heterocycles. The Morgan fingerprint density at radius 1 is 1.32 bits per heavy atom. The quantitative estimate of drug-likeness (QED) is 0.798. The molecule has 0 spiro atoms. The molecule has 0 bridgehead atoms. The summed E-state index contributed by atoms with van der Waals surface area (Å²) in [6.07, 6.45) is 2.24. The second-order valence-corrected chi connectivity index (χ2v) is 5.30. The molecule has 1 aliphatic carbocycles. The molecule has 2 amide bonds. The molecule has 0 aliphatic heterocycles. The minimum Gasteiger partial charge on any atom is -0.348 e. The molecule has 1 aliphatic rings. The number of nitrogens with zero attached hydrogens (tertiary/aromatic N) is 4. The maximum Gasteiger partial charge on any atom is 0.313 e. The van der Waals surface area contributed by atoms with Crippen molar-refractivity contribution in [3.05, 3.63) is 30.1 Å². The van der Waals surface area contributed by atoms with Crippen LogP contribution in [-0.2, 0) is 9.59 Å². The Labute approximate surface area is 126 Å². The molecule has 22 heavy (non-hydrogen) atoms. The minimum atomic E-state index is -0.675. The van der Waals surface area contributed by atoms with Gasteiger partial charge in [0.15, 0.2) is 5.82 Å². The predicted molar refractivity (Wildman–Crippen MR) is 78.3 cm³/mol. The van der Waals surface area contributed by atoms with Crippen LogP contribution >= 0.6 is 0 Å². The van der Waals surface area contributed by atoms with Crippen molar-refractivity contribution < 1.29 is 9.59 Å². The highest BCUT2D eigenvalue weighted by atomic mass is 16.2. The van der Waals surface area contributed by atoms with Gasteiger partial charge in [-0.05, 0) is 54.3 Å². The van der Waals surface area contributed by atoms with Crippen LogP contribution in [0.5, 0.6) is 0 Å². The summed E-state index contributed by atoms with van der Waals surface area (Å²) in [6, 6.07) is 6.98. The van der Waals surface area contributed by atoms with Gasteiger partial charge in [0.1, 0.15) is 0 Å². The fourth-order valence-corrected chi connectivity index (χ4v) is 2.01. The number of aromatic nitrogens is 4. The lowest BCUT2D eigenvalue weighted by Crippen LogP contribution is -2.36.